The number of aromatic nitrogens is 2. The molecule has 0 aliphatic heterocycles. The van der Waals surface area contributed by atoms with Gasteiger partial charge in [-0.05, 0) is 27.4 Å². The van der Waals surface area contributed by atoms with Gasteiger partial charge in [0.2, 0.25) is 6.39 Å². The molecule has 0 radical (unpaired) electrons. The van der Waals surface area contributed by atoms with Crippen LogP contribution >= 0.6 is 0 Å². The Morgan fingerprint density at radius 1 is 1.09 bits per heavy atom. The summed E-state index contributed by atoms with van der Waals surface area (Å²) in [4.78, 5) is 17.8. The number of anilines is 1. The van der Waals surface area contributed by atoms with Crippen LogP contribution in [0.15, 0.2) is 59.4 Å². The molecule has 0 saturated carbocycles. The number of rotatable bonds is 2. The number of carbonyl (C=O) groups excluding carboxylic acids is 1. The van der Waals surface area contributed by atoms with E-state index >= 15 is 0 Å². The summed E-state index contributed by atoms with van der Waals surface area (Å²) in [6.45, 7) is 0. The van der Waals surface area contributed by atoms with Crippen LogP contribution in [0.1, 0.15) is 17.2 Å². The van der Waals surface area contributed by atoms with Crippen molar-refractivity contribution in [2.45, 2.75) is 6.04 Å². The van der Waals surface area contributed by atoms with Gasteiger partial charge in [-0.25, -0.2) is 9.69 Å². The maximum Gasteiger partial charge on any atom is 0.417 e. The average molecular weight is 307 g/mol. The number of amides is 1. The summed E-state index contributed by atoms with van der Waals surface area (Å²) in [5.74, 6) is 0.174. The third-order valence-electron chi connectivity index (χ3n) is 4.00. The second-order valence-electron chi connectivity index (χ2n) is 5.15. The van der Waals surface area contributed by atoms with Gasteiger partial charge in [-0.3, -0.25) is 0 Å². The van der Waals surface area contributed by atoms with Crippen LogP contribution in [0.5, 0.6) is 0 Å². The van der Waals surface area contributed by atoms with Crippen LogP contribution in [0.4, 0.5) is 10.7 Å². The molecule has 0 bridgehead atoms. The van der Waals surface area contributed by atoms with Crippen molar-refractivity contribution in [1.29, 1.82) is 0 Å². The first-order valence-corrected chi connectivity index (χ1v) is 7.13. The lowest BCUT2D eigenvalue weighted by molar-refractivity contribution is 0.176. The van der Waals surface area contributed by atoms with E-state index in [9.17, 15) is 4.79 Å². The molecule has 0 spiro atoms. The number of nitrogens with zero attached hydrogens (tertiary/aromatic N) is 3. The lowest BCUT2D eigenvalue weighted by atomic mass is 10.0. The molecule has 1 heterocycles. The fourth-order valence-corrected chi connectivity index (χ4v) is 3.08. The zero-order chi connectivity index (χ0) is 15.8. The zero-order valence-electron chi connectivity index (χ0n) is 12.3. The number of fused-ring (bicyclic) bond motifs is 3. The van der Waals surface area contributed by atoms with Crippen molar-refractivity contribution in [3.05, 3.63) is 66.1 Å². The number of hydrogen-bond acceptors (Lipinski definition) is 5. The third-order valence-corrected chi connectivity index (χ3v) is 4.00. The quantitative estimate of drug-likeness (QED) is 0.725. The van der Waals surface area contributed by atoms with E-state index in [0.29, 0.717) is 0 Å². The molecule has 23 heavy (non-hydrogen) atoms. The number of benzene rings is 2. The molecule has 1 amide bonds. The number of ether oxygens (including phenoxy) is 1. The Kier molecular flexibility index (Phi) is 3.08. The molecule has 114 valence electrons. The maximum atomic E-state index is 12.4. The molecule has 1 aromatic heterocycles. The van der Waals surface area contributed by atoms with Crippen LogP contribution in [0.2, 0.25) is 0 Å². The molecule has 0 fully saturated rings. The Balaban J connectivity index is 1.94. The Morgan fingerprint density at radius 2 is 1.70 bits per heavy atom. The topological polar surface area (TPSA) is 68.5 Å². The second kappa shape index (κ2) is 5.24. The molecule has 0 unspecified atom stereocenters. The van der Waals surface area contributed by atoms with Gasteiger partial charge >= 0.3 is 6.09 Å². The van der Waals surface area contributed by atoms with Gasteiger partial charge in [-0.2, -0.15) is 4.98 Å². The van der Waals surface area contributed by atoms with Gasteiger partial charge < -0.3 is 9.26 Å². The van der Waals surface area contributed by atoms with Gasteiger partial charge in [0.1, 0.15) is 0 Å². The minimum Gasteiger partial charge on any atom is -0.452 e. The van der Waals surface area contributed by atoms with Crippen molar-refractivity contribution in [2.24, 2.45) is 0 Å². The molecule has 6 heteroatoms. The molecular weight excluding hydrogens is 294 g/mol. The van der Waals surface area contributed by atoms with Crippen molar-refractivity contribution in [3.63, 3.8) is 0 Å². The predicted octanol–water partition coefficient (Wildman–Crippen LogP) is 3.41. The van der Waals surface area contributed by atoms with Crippen molar-refractivity contribution >= 4 is 12.0 Å². The van der Waals surface area contributed by atoms with E-state index in [1.165, 1.54) is 18.4 Å². The van der Waals surface area contributed by atoms with E-state index in [-0.39, 0.29) is 12.0 Å². The van der Waals surface area contributed by atoms with Crippen LogP contribution < -0.4 is 4.90 Å². The Bertz CT molecular complexity index is 816. The molecule has 3 aromatic rings. The van der Waals surface area contributed by atoms with Crippen molar-refractivity contribution in [1.82, 2.24) is 10.1 Å². The summed E-state index contributed by atoms with van der Waals surface area (Å²) >= 11 is 0. The Labute approximate surface area is 132 Å². The molecular formula is C17H13N3O3. The summed E-state index contributed by atoms with van der Waals surface area (Å²) in [5.41, 5.74) is 4.18. The molecule has 2 aromatic carbocycles. The highest BCUT2D eigenvalue weighted by Crippen LogP contribution is 2.47. The normalized spacial score (nSPS) is 12.6. The average Bonchev–Trinajstić information content (AvgIpc) is 3.23. The lowest BCUT2D eigenvalue weighted by Crippen LogP contribution is -2.35. The molecule has 4 rings (SSSR count). The van der Waals surface area contributed by atoms with Gasteiger partial charge in [0.05, 0.1) is 13.2 Å². The van der Waals surface area contributed by atoms with E-state index in [4.69, 9.17) is 9.26 Å². The number of carbonyl (C=O) groups is 1. The second-order valence-corrected chi connectivity index (χ2v) is 5.15. The summed E-state index contributed by atoms with van der Waals surface area (Å²) in [6, 6.07) is 15.6. The highest BCUT2D eigenvalue weighted by atomic mass is 16.5. The minimum atomic E-state index is -0.539. The van der Waals surface area contributed by atoms with Crippen molar-refractivity contribution < 1.29 is 14.1 Å². The standard InChI is InChI=1S/C17H13N3O3/c1-22-17(21)20(16-18-10-23-19-16)15-13-8-4-2-6-11(13)12-7-3-5-9-14(12)15/h2-10,15H,1H3. The van der Waals surface area contributed by atoms with E-state index in [0.717, 1.165) is 22.3 Å². The van der Waals surface area contributed by atoms with Crippen molar-refractivity contribution in [3.8, 4) is 11.1 Å². The summed E-state index contributed by atoms with van der Waals surface area (Å²) < 4.78 is 9.76. The summed E-state index contributed by atoms with van der Waals surface area (Å²) in [5, 5.41) is 3.82. The molecule has 0 atom stereocenters. The fraction of sp³-hybridized carbons (Fsp3) is 0.118. The van der Waals surface area contributed by atoms with Gasteiger partial charge in [0, 0.05) is 0 Å². The zero-order valence-corrected chi connectivity index (χ0v) is 12.3. The van der Waals surface area contributed by atoms with Gasteiger partial charge in [0.15, 0.2) is 0 Å². The highest BCUT2D eigenvalue weighted by molar-refractivity contribution is 5.91. The maximum absolute atomic E-state index is 12.4. The van der Waals surface area contributed by atoms with Crippen LogP contribution in [0, 0.1) is 0 Å². The Hall–Kier alpha value is -3.15. The smallest absolute Gasteiger partial charge is 0.417 e. The fourth-order valence-electron chi connectivity index (χ4n) is 3.08. The van der Waals surface area contributed by atoms with Gasteiger partial charge in [-0.1, -0.05) is 48.5 Å². The summed E-state index contributed by atoms with van der Waals surface area (Å²) in [7, 11) is 1.34. The first-order valence-electron chi connectivity index (χ1n) is 7.13. The summed E-state index contributed by atoms with van der Waals surface area (Å²) in [6.07, 6.45) is 0.654. The first-order chi connectivity index (χ1) is 11.3. The lowest BCUT2D eigenvalue weighted by Gasteiger charge is -2.25. The van der Waals surface area contributed by atoms with Crippen LogP contribution in [0.3, 0.4) is 0 Å². The van der Waals surface area contributed by atoms with E-state index < -0.39 is 6.09 Å². The van der Waals surface area contributed by atoms with Crippen molar-refractivity contribution in [2.75, 3.05) is 12.0 Å². The van der Waals surface area contributed by atoms with Gasteiger partial charge in [-0.15, -0.1) is 0 Å². The van der Waals surface area contributed by atoms with Gasteiger partial charge in [0.25, 0.3) is 5.95 Å². The number of hydrogen-bond donors (Lipinski definition) is 0. The van der Waals surface area contributed by atoms with E-state index in [1.54, 1.807) is 0 Å². The molecule has 0 N–H and O–H groups in total. The van der Waals surface area contributed by atoms with Crippen LogP contribution in [0.25, 0.3) is 11.1 Å². The predicted molar refractivity (Wildman–Crippen MR) is 82.9 cm³/mol. The van der Waals surface area contributed by atoms with E-state index in [1.807, 2.05) is 48.5 Å². The molecule has 1 aliphatic carbocycles. The molecule has 6 nitrogen and oxygen atoms in total. The Morgan fingerprint density at radius 3 is 2.22 bits per heavy atom. The monoisotopic (exact) mass is 307 g/mol. The molecule has 0 saturated heterocycles. The van der Waals surface area contributed by atoms with Crippen LogP contribution in [-0.4, -0.2) is 23.3 Å². The first kappa shape index (κ1) is 13.5. The number of methoxy groups -OCH3 is 1. The minimum absolute atomic E-state index is 0.174. The third kappa shape index (κ3) is 1.99. The SMILES string of the molecule is COC(=O)N(c1ncon1)C1c2ccccc2-c2ccccc21. The molecule has 1 aliphatic rings. The van der Waals surface area contributed by atoms with Crippen LogP contribution in [-0.2, 0) is 4.74 Å². The highest BCUT2D eigenvalue weighted by Gasteiger charge is 2.38. The largest absolute Gasteiger partial charge is 0.452 e. The van der Waals surface area contributed by atoms with E-state index in [2.05, 4.69) is 10.1 Å².